The molecule has 3 nitrogen and oxygen atoms in total. The number of thiophene rings is 1. The fraction of sp³-hybridized carbons (Fsp3) is 0.267. The Kier molecular flexibility index (Phi) is 3.03. The van der Waals surface area contributed by atoms with Crippen molar-refractivity contribution < 1.29 is 4.42 Å². The van der Waals surface area contributed by atoms with Gasteiger partial charge in [-0.25, -0.2) is 0 Å². The molecular formula is C15H16N2OS. The first-order valence-electron chi connectivity index (χ1n) is 6.29. The van der Waals surface area contributed by atoms with Crippen LogP contribution in [0.25, 0.3) is 11.1 Å². The molecule has 0 aliphatic rings. The molecule has 0 aliphatic heterocycles. The summed E-state index contributed by atoms with van der Waals surface area (Å²) in [6.07, 6.45) is 0. The fourth-order valence-corrected chi connectivity index (χ4v) is 2.85. The molecule has 3 rings (SSSR count). The molecule has 0 radical (unpaired) electrons. The molecule has 2 aromatic heterocycles. The molecule has 4 heteroatoms. The monoisotopic (exact) mass is 272 g/mol. The zero-order valence-corrected chi connectivity index (χ0v) is 11.8. The maximum absolute atomic E-state index is 5.66. The first-order chi connectivity index (χ1) is 9.15. The summed E-state index contributed by atoms with van der Waals surface area (Å²) in [4.78, 5) is 5.78. The van der Waals surface area contributed by atoms with Crippen molar-refractivity contribution >= 4 is 28.5 Å². The number of fused-ring (bicyclic) bond motifs is 1. The van der Waals surface area contributed by atoms with Gasteiger partial charge in [-0.2, -0.15) is 4.98 Å². The summed E-state index contributed by atoms with van der Waals surface area (Å²) in [5, 5.41) is 5.40. The van der Waals surface area contributed by atoms with Crippen LogP contribution in [-0.4, -0.2) is 11.5 Å². The van der Waals surface area contributed by atoms with Crippen LogP contribution >= 0.6 is 11.3 Å². The average molecular weight is 272 g/mol. The van der Waals surface area contributed by atoms with Gasteiger partial charge in [-0.05, 0) is 23.6 Å². The zero-order chi connectivity index (χ0) is 13.3. The van der Waals surface area contributed by atoms with E-state index in [0.717, 1.165) is 17.6 Å². The van der Waals surface area contributed by atoms with Crippen LogP contribution in [0, 0.1) is 0 Å². The highest BCUT2D eigenvalue weighted by Gasteiger charge is 2.22. The summed E-state index contributed by atoms with van der Waals surface area (Å²) in [5.41, 5.74) is 1.77. The third-order valence-electron chi connectivity index (χ3n) is 3.16. The van der Waals surface area contributed by atoms with Crippen LogP contribution in [0.3, 0.4) is 0 Å². The second kappa shape index (κ2) is 4.70. The Bertz CT molecular complexity index is 637. The van der Waals surface area contributed by atoms with E-state index in [4.69, 9.17) is 4.42 Å². The van der Waals surface area contributed by atoms with Crippen LogP contribution in [0.15, 0.2) is 46.2 Å². The zero-order valence-electron chi connectivity index (χ0n) is 11.0. The maximum atomic E-state index is 5.66. The smallest absolute Gasteiger partial charge is 0.295 e. The highest BCUT2D eigenvalue weighted by Crippen LogP contribution is 2.28. The van der Waals surface area contributed by atoms with E-state index < -0.39 is 0 Å². The SMILES string of the molecule is CC(C)(CNc1nc2ccccc2o1)c1cccs1. The highest BCUT2D eigenvalue weighted by molar-refractivity contribution is 7.10. The molecule has 98 valence electrons. The molecule has 2 heterocycles. The van der Waals surface area contributed by atoms with Gasteiger partial charge < -0.3 is 9.73 Å². The largest absolute Gasteiger partial charge is 0.424 e. The average Bonchev–Trinajstić information content (AvgIpc) is 3.05. The van der Waals surface area contributed by atoms with Crippen LogP contribution in [-0.2, 0) is 5.41 Å². The van der Waals surface area contributed by atoms with Gasteiger partial charge in [0.2, 0.25) is 0 Å². The second-order valence-corrected chi connectivity index (χ2v) is 6.15. The van der Waals surface area contributed by atoms with E-state index in [0.29, 0.717) is 6.01 Å². The normalized spacial score (nSPS) is 11.9. The number of oxazole rings is 1. The quantitative estimate of drug-likeness (QED) is 0.770. The maximum Gasteiger partial charge on any atom is 0.295 e. The predicted octanol–water partition coefficient (Wildman–Crippen LogP) is 4.28. The lowest BCUT2D eigenvalue weighted by Crippen LogP contribution is -2.26. The Balaban J connectivity index is 1.75. The molecule has 0 atom stereocenters. The van der Waals surface area contributed by atoms with Gasteiger partial charge >= 0.3 is 0 Å². The highest BCUT2D eigenvalue weighted by atomic mass is 32.1. The Morgan fingerprint density at radius 1 is 1.21 bits per heavy atom. The summed E-state index contributed by atoms with van der Waals surface area (Å²) in [6, 6.07) is 12.6. The third kappa shape index (κ3) is 2.49. The van der Waals surface area contributed by atoms with Crippen molar-refractivity contribution in [1.29, 1.82) is 0 Å². The van der Waals surface area contributed by atoms with Crippen molar-refractivity contribution in [2.24, 2.45) is 0 Å². The van der Waals surface area contributed by atoms with Crippen LogP contribution in [0.4, 0.5) is 6.01 Å². The van der Waals surface area contributed by atoms with Crippen LogP contribution in [0.2, 0.25) is 0 Å². The van der Waals surface area contributed by atoms with Gasteiger partial charge in [0.1, 0.15) is 5.52 Å². The van der Waals surface area contributed by atoms with Gasteiger partial charge in [0, 0.05) is 16.8 Å². The first kappa shape index (κ1) is 12.2. The van der Waals surface area contributed by atoms with E-state index in [1.54, 1.807) is 11.3 Å². The predicted molar refractivity (Wildman–Crippen MR) is 79.8 cm³/mol. The van der Waals surface area contributed by atoms with E-state index in [2.05, 4.69) is 41.7 Å². The van der Waals surface area contributed by atoms with Crippen molar-refractivity contribution in [3.63, 3.8) is 0 Å². The number of hydrogen-bond acceptors (Lipinski definition) is 4. The molecule has 0 bridgehead atoms. The molecule has 0 unspecified atom stereocenters. The second-order valence-electron chi connectivity index (χ2n) is 5.20. The Labute approximate surface area is 116 Å². The van der Waals surface area contributed by atoms with Gasteiger partial charge in [0.05, 0.1) is 0 Å². The standard InChI is InChI=1S/C15H16N2OS/c1-15(2,13-8-5-9-19-13)10-16-14-17-11-6-3-4-7-12(11)18-14/h3-9H,10H2,1-2H3,(H,16,17). The Morgan fingerprint density at radius 3 is 2.79 bits per heavy atom. The number of anilines is 1. The first-order valence-corrected chi connectivity index (χ1v) is 7.16. The number of para-hydroxylation sites is 2. The lowest BCUT2D eigenvalue weighted by Gasteiger charge is -2.22. The minimum Gasteiger partial charge on any atom is -0.424 e. The molecule has 19 heavy (non-hydrogen) atoms. The topological polar surface area (TPSA) is 38.1 Å². The van der Waals surface area contributed by atoms with Gasteiger partial charge in [0.15, 0.2) is 5.58 Å². The summed E-state index contributed by atoms with van der Waals surface area (Å²) in [5.74, 6) is 0. The van der Waals surface area contributed by atoms with Crippen LogP contribution < -0.4 is 5.32 Å². The summed E-state index contributed by atoms with van der Waals surface area (Å²) >= 11 is 1.78. The number of aromatic nitrogens is 1. The fourth-order valence-electron chi connectivity index (χ4n) is 2.00. The Hall–Kier alpha value is -1.81. The van der Waals surface area contributed by atoms with Crippen LogP contribution in [0.5, 0.6) is 0 Å². The minimum atomic E-state index is 0.0643. The number of hydrogen-bond donors (Lipinski definition) is 1. The summed E-state index contributed by atoms with van der Waals surface area (Å²) in [6.45, 7) is 5.23. The van der Waals surface area contributed by atoms with Crippen molar-refractivity contribution in [1.82, 2.24) is 4.98 Å². The van der Waals surface area contributed by atoms with Gasteiger partial charge in [-0.15, -0.1) is 11.3 Å². The molecule has 0 fully saturated rings. The van der Waals surface area contributed by atoms with E-state index in [1.807, 2.05) is 24.3 Å². The van der Waals surface area contributed by atoms with Crippen molar-refractivity contribution in [3.05, 3.63) is 46.7 Å². The van der Waals surface area contributed by atoms with E-state index in [9.17, 15) is 0 Å². The van der Waals surface area contributed by atoms with E-state index >= 15 is 0 Å². The van der Waals surface area contributed by atoms with Gasteiger partial charge in [-0.3, -0.25) is 0 Å². The van der Waals surface area contributed by atoms with Crippen LogP contribution in [0.1, 0.15) is 18.7 Å². The molecule has 0 amide bonds. The number of nitrogens with one attached hydrogen (secondary N) is 1. The minimum absolute atomic E-state index is 0.0643. The molecule has 0 saturated carbocycles. The molecule has 0 saturated heterocycles. The third-order valence-corrected chi connectivity index (χ3v) is 4.40. The number of nitrogens with zero attached hydrogens (tertiary/aromatic N) is 1. The van der Waals surface area contributed by atoms with E-state index in [-0.39, 0.29) is 5.41 Å². The van der Waals surface area contributed by atoms with Gasteiger partial charge in [-0.1, -0.05) is 32.0 Å². The molecule has 0 spiro atoms. The van der Waals surface area contributed by atoms with Crippen molar-refractivity contribution in [2.45, 2.75) is 19.3 Å². The lowest BCUT2D eigenvalue weighted by atomic mass is 9.91. The summed E-state index contributed by atoms with van der Waals surface area (Å²) in [7, 11) is 0. The molecule has 1 N–H and O–H groups in total. The molecular weight excluding hydrogens is 256 g/mol. The number of rotatable bonds is 4. The summed E-state index contributed by atoms with van der Waals surface area (Å²) < 4.78 is 5.66. The van der Waals surface area contributed by atoms with E-state index in [1.165, 1.54) is 4.88 Å². The van der Waals surface area contributed by atoms with Crippen molar-refractivity contribution in [2.75, 3.05) is 11.9 Å². The molecule has 0 aliphatic carbocycles. The lowest BCUT2D eigenvalue weighted by molar-refractivity contribution is 0.544. The van der Waals surface area contributed by atoms with Gasteiger partial charge in [0.25, 0.3) is 6.01 Å². The Morgan fingerprint density at radius 2 is 2.05 bits per heavy atom. The van der Waals surface area contributed by atoms with Crippen molar-refractivity contribution in [3.8, 4) is 0 Å². The molecule has 3 aromatic rings. The number of benzene rings is 1. The molecule has 1 aromatic carbocycles.